The van der Waals surface area contributed by atoms with Crippen molar-refractivity contribution in [3.63, 3.8) is 0 Å². The quantitative estimate of drug-likeness (QED) is 0.389. The van der Waals surface area contributed by atoms with Crippen molar-refractivity contribution in [3.8, 4) is 0 Å². The van der Waals surface area contributed by atoms with Gasteiger partial charge >= 0.3 is 0 Å². The number of imidazole rings is 1. The van der Waals surface area contributed by atoms with E-state index in [1.807, 2.05) is 36.4 Å². The van der Waals surface area contributed by atoms with E-state index in [1.165, 1.54) is 12.1 Å². The second-order valence-corrected chi connectivity index (χ2v) is 6.25. The minimum absolute atomic E-state index is 0.0325. The Bertz CT molecular complexity index is 1480. The van der Waals surface area contributed by atoms with Crippen LogP contribution in [0.1, 0.15) is 5.56 Å². The number of benzene rings is 2. The zero-order valence-electron chi connectivity index (χ0n) is 13.9. The molecule has 27 heavy (non-hydrogen) atoms. The van der Waals surface area contributed by atoms with Crippen molar-refractivity contribution in [2.75, 3.05) is 0 Å². The maximum atomic E-state index is 12.4. The predicted molar refractivity (Wildman–Crippen MR) is 103 cm³/mol. The standard InChI is InChI=1S/C20H12N4O3/c25-20-19-21-8-9-23(19)18-16(11-12-4-3-5-13(10-12)24(26)27)14-6-1-2-7-15(14)17(18)22-20/h1-11H,(H,22,25). The summed E-state index contributed by atoms with van der Waals surface area (Å²) in [4.78, 5) is 30.1. The number of aromatic nitrogens is 3. The van der Waals surface area contributed by atoms with Gasteiger partial charge in [-0.05, 0) is 17.0 Å². The van der Waals surface area contributed by atoms with Crippen LogP contribution in [0.4, 0.5) is 5.69 Å². The van der Waals surface area contributed by atoms with E-state index in [1.54, 1.807) is 22.9 Å². The van der Waals surface area contributed by atoms with Crippen molar-refractivity contribution in [2.45, 2.75) is 0 Å². The number of aromatic amines is 1. The number of rotatable bonds is 2. The number of hydrogen-bond acceptors (Lipinski definition) is 4. The summed E-state index contributed by atoms with van der Waals surface area (Å²) in [7, 11) is 0. The van der Waals surface area contributed by atoms with Crippen LogP contribution in [-0.2, 0) is 0 Å². The number of hydrogen-bond donors (Lipinski definition) is 1. The molecule has 7 nitrogen and oxygen atoms in total. The van der Waals surface area contributed by atoms with Crippen molar-refractivity contribution < 1.29 is 4.92 Å². The van der Waals surface area contributed by atoms with Gasteiger partial charge in [0.2, 0.25) is 5.65 Å². The molecule has 0 aliphatic carbocycles. The highest BCUT2D eigenvalue weighted by Gasteiger charge is 2.14. The van der Waals surface area contributed by atoms with Gasteiger partial charge in [0.15, 0.2) is 0 Å². The molecule has 0 aliphatic rings. The molecule has 0 aliphatic heterocycles. The molecule has 7 heteroatoms. The van der Waals surface area contributed by atoms with Crippen LogP contribution < -0.4 is 10.8 Å². The molecule has 0 saturated carbocycles. The lowest BCUT2D eigenvalue weighted by Gasteiger charge is -1.98. The predicted octanol–water partition coefficient (Wildman–Crippen LogP) is 2.78. The molecule has 0 saturated heterocycles. The molecule has 0 amide bonds. The highest BCUT2D eigenvalue weighted by Crippen LogP contribution is 2.23. The first-order chi connectivity index (χ1) is 13.1. The third-order valence-corrected chi connectivity index (χ3v) is 4.69. The maximum Gasteiger partial charge on any atom is 0.292 e. The van der Waals surface area contributed by atoms with Crippen molar-refractivity contribution in [3.05, 3.63) is 92.2 Å². The summed E-state index contributed by atoms with van der Waals surface area (Å²) in [5, 5.41) is 13.8. The monoisotopic (exact) mass is 356 g/mol. The SMILES string of the molecule is O=c1[nH]c2c3ccccc3c(=Cc3cccc([N+](=O)[O-])c3)c2n2ccnc12. The molecule has 5 rings (SSSR count). The van der Waals surface area contributed by atoms with Crippen molar-refractivity contribution >= 4 is 39.2 Å². The highest BCUT2D eigenvalue weighted by molar-refractivity contribution is 6.10. The van der Waals surface area contributed by atoms with E-state index in [4.69, 9.17) is 0 Å². The smallest absolute Gasteiger partial charge is 0.292 e. The average Bonchev–Trinajstić information content (AvgIpc) is 3.27. The van der Waals surface area contributed by atoms with Gasteiger partial charge in [-0.1, -0.05) is 36.4 Å². The summed E-state index contributed by atoms with van der Waals surface area (Å²) in [6.07, 6.45) is 5.23. The van der Waals surface area contributed by atoms with E-state index >= 15 is 0 Å². The third-order valence-electron chi connectivity index (χ3n) is 4.69. The molecule has 1 N–H and O–H groups in total. The van der Waals surface area contributed by atoms with Crippen LogP contribution in [-0.4, -0.2) is 19.3 Å². The molecule has 3 aromatic carbocycles. The fourth-order valence-electron chi connectivity index (χ4n) is 3.56. The Morgan fingerprint density at radius 1 is 1.11 bits per heavy atom. The molecular weight excluding hydrogens is 344 g/mol. The Labute approximate surface area is 151 Å². The topological polar surface area (TPSA) is 93.3 Å². The zero-order chi connectivity index (χ0) is 18.5. The van der Waals surface area contributed by atoms with Crippen LogP contribution in [0.15, 0.2) is 65.7 Å². The van der Waals surface area contributed by atoms with E-state index in [2.05, 4.69) is 9.97 Å². The van der Waals surface area contributed by atoms with Gasteiger partial charge in [0, 0.05) is 35.1 Å². The molecule has 0 bridgehead atoms. The van der Waals surface area contributed by atoms with Gasteiger partial charge in [0.05, 0.1) is 16.0 Å². The van der Waals surface area contributed by atoms with Gasteiger partial charge in [0.25, 0.3) is 11.2 Å². The largest absolute Gasteiger partial charge is 0.317 e. The van der Waals surface area contributed by atoms with Crippen molar-refractivity contribution in [1.82, 2.24) is 14.4 Å². The second kappa shape index (κ2) is 5.50. The first-order valence-corrected chi connectivity index (χ1v) is 8.29. The number of H-pyrrole nitrogens is 1. The molecular formula is C20H12N4O3. The Balaban J connectivity index is 1.99. The number of non-ortho nitro benzene ring substituents is 1. The zero-order valence-corrected chi connectivity index (χ0v) is 13.9. The summed E-state index contributed by atoms with van der Waals surface area (Å²) >= 11 is 0. The Kier molecular flexibility index (Phi) is 3.11. The molecule has 130 valence electrons. The van der Waals surface area contributed by atoms with Gasteiger partial charge in [0.1, 0.15) is 0 Å². The number of nitro benzene ring substituents is 1. The van der Waals surface area contributed by atoms with Crippen LogP contribution >= 0.6 is 0 Å². The molecule has 0 spiro atoms. The lowest BCUT2D eigenvalue weighted by Crippen LogP contribution is -2.13. The minimum Gasteiger partial charge on any atom is -0.317 e. The third kappa shape index (κ3) is 2.22. The Morgan fingerprint density at radius 2 is 1.93 bits per heavy atom. The van der Waals surface area contributed by atoms with Gasteiger partial charge in [-0.3, -0.25) is 19.3 Å². The maximum absolute atomic E-state index is 12.4. The first-order valence-electron chi connectivity index (χ1n) is 8.29. The average molecular weight is 356 g/mol. The molecule has 0 radical (unpaired) electrons. The fraction of sp³-hybridized carbons (Fsp3) is 0. The fourth-order valence-corrected chi connectivity index (χ4v) is 3.56. The lowest BCUT2D eigenvalue weighted by atomic mass is 10.1. The molecule has 0 unspecified atom stereocenters. The molecule has 0 fully saturated rings. The van der Waals surface area contributed by atoms with E-state index in [0.29, 0.717) is 11.2 Å². The summed E-state index contributed by atoms with van der Waals surface area (Å²) < 4.78 is 1.76. The summed E-state index contributed by atoms with van der Waals surface area (Å²) in [6.45, 7) is 0. The van der Waals surface area contributed by atoms with Crippen LogP contribution in [0.25, 0.3) is 33.5 Å². The molecule has 5 aromatic rings. The molecule has 2 heterocycles. The molecule has 2 aromatic heterocycles. The van der Waals surface area contributed by atoms with Crippen LogP contribution in [0.3, 0.4) is 0 Å². The van der Waals surface area contributed by atoms with E-state index in [-0.39, 0.29) is 11.2 Å². The number of nitrogens with zero attached hydrogens (tertiary/aromatic N) is 3. The van der Waals surface area contributed by atoms with Crippen LogP contribution in [0.2, 0.25) is 0 Å². The van der Waals surface area contributed by atoms with E-state index in [0.717, 1.165) is 27.0 Å². The van der Waals surface area contributed by atoms with Crippen molar-refractivity contribution in [1.29, 1.82) is 0 Å². The van der Waals surface area contributed by atoms with Crippen LogP contribution in [0, 0.1) is 10.1 Å². The number of nitro groups is 1. The van der Waals surface area contributed by atoms with Gasteiger partial charge < -0.3 is 4.98 Å². The first kappa shape index (κ1) is 15.3. The lowest BCUT2D eigenvalue weighted by molar-refractivity contribution is -0.384. The van der Waals surface area contributed by atoms with Crippen LogP contribution in [0.5, 0.6) is 0 Å². The summed E-state index contributed by atoms with van der Waals surface area (Å²) in [5.74, 6) is 0. The number of nitrogens with one attached hydrogen (secondary N) is 1. The Morgan fingerprint density at radius 3 is 2.74 bits per heavy atom. The van der Waals surface area contributed by atoms with Crippen molar-refractivity contribution in [2.24, 2.45) is 0 Å². The highest BCUT2D eigenvalue weighted by atomic mass is 16.6. The summed E-state index contributed by atoms with van der Waals surface area (Å²) in [6, 6.07) is 14.2. The Hall–Kier alpha value is -4.00. The second-order valence-electron chi connectivity index (χ2n) is 6.25. The molecule has 0 atom stereocenters. The normalized spacial score (nSPS) is 12.4. The van der Waals surface area contributed by atoms with E-state index in [9.17, 15) is 14.9 Å². The van der Waals surface area contributed by atoms with Gasteiger partial charge in [-0.15, -0.1) is 0 Å². The van der Waals surface area contributed by atoms with Gasteiger partial charge in [-0.25, -0.2) is 4.98 Å². The minimum atomic E-state index is -0.413. The number of fused-ring (bicyclic) bond motifs is 5. The summed E-state index contributed by atoms with van der Waals surface area (Å²) in [5.41, 5.74) is 2.33. The van der Waals surface area contributed by atoms with E-state index < -0.39 is 4.92 Å². The van der Waals surface area contributed by atoms with Gasteiger partial charge in [-0.2, -0.15) is 0 Å².